The molecule has 160 valence electrons. The van der Waals surface area contributed by atoms with Crippen molar-refractivity contribution < 1.29 is 46.5 Å². The molecule has 29 heavy (non-hydrogen) atoms. The number of aromatic amines is 1. The molecule has 1 saturated heterocycles. The second kappa shape index (κ2) is 8.93. The number of carboxylic acids is 1. The summed E-state index contributed by atoms with van der Waals surface area (Å²) < 4.78 is 52.0. The van der Waals surface area contributed by atoms with Gasteiger partial charge in [-0.1, -0.05) is 0 Å². The van der Waals surface area contributed by atoms with Crippen LogP contribution in [0.2, 0.25) is 5.15 Å². The Morgan fingerprint density at radius 1 is 1.38 bits per heavy atom. The van der Waals surface area contributed by atoms with Crippen molar-refractivity contribution in [3.63, 3.8) is 0 Å². The van der Waals surface area contributed by atoms with Crippen molar-refractivity contribution in [2.24, 2.45) is 0 Å². The summed E-state index contributed by atoms with van der Waals surface area (Å²) in [4.78, 5) is 24.0. The number of H-pyrrole nitrogens is 1. The van der Waals surface area contributed by atoms with Gasteiger partial charge in [-0.25, -0.2) is 9.37 Å². The lowest BCUT2D eigenvalue weighted by Gasteiger charge is -2.35. The van der Waals surface area contributed by atoms with Gasteiger partial charge >= 0.3 is 17.9 Å². The zero-order chi connectivity index (χ0) is 21.8. The van der Waals surface area contributed by atoms with Gasteiger partial charge in [0.25, 0.3) is 0 Å². The molecule has 13 heteroatoms. The monoisotopic (exact) mass is 441 g/mol. The highest BCUT2D eigenvalue weighted by molar-refractivity contribution is 6.32. The van der Waals surface area contributed by atoms with E-state index in [0.717, 1.165) is 0 Å². The lowest BCUT2D eigenvalue weighted by molar-refractivity contribution is -0.515. The van der Waals surface area contributed by atoms with E-state index < -0.39 is 29.4 Å². The van der Waals surface area contributed by atoms with E-state index in [1.54, 1.807) is 6.20 Å². The summed E-state index contributed by atoms with van der Waals surface area (Å²) in [6, 6.07) is 2.75. The van der Waals surface area contributed by atoms with Crippen LogP contribution in [-0.4, -0.2) is 53.5 Å². The van der Waals surface area contributed by atoms with E-state index in [2.05, 4.69) is 10.3 Å². The minimum atomic E-state index is -5.19. The number of hydrogen-bond acceptors (Lipinski definition) is 5. The van der Waals surface area contributed by atoms with E-state index in [9.17, 15) is 27.5 Å². The van der Waals surface area contributed by atoms with Crippen LogP contribution in [0.15, 0.2) is 18.3 Å². The molecule has 1 amide bonds. The highest BCUT2D eigenvalue weighted by atomic mass is 35.5. The molecule has 0 aliphatic carbocycles. The lowest BCUT2D eigenvalue weighted by atomic mass is 9.91. The summed E-state index contributed by atoms with van der Waals surface area (Å²) in [6.45, 7) is 0.747. The van der Waals surface area contributed by atoms with E-state index in [1.165, 1.54) is 16.5 Å². The molecule has 3 N–H and O–H groups in total. The molecule has 0 unspecified atom stereocenters. The van der Waals surface area contributed by atoms with Crippen molar-refractivity contribution in [1.29, 1.82) is 0 Å². The molecule has 0 bridgehead atoms. The van der Waals surface area contributed by atoms with Gasteiger partial charge in [-0.15, -0.1) is 0 Å². The largest absolute Gasteiger partial charge is 0.542 e. The number of carboxylic acid groups (broad SMARTS) is 1. The summed E-state index contributed by atoms with van der Waals surface area (Å²) in [6.07, 6.45) is -2.62. The maximum atomic E-state index is 13.8. The number of nitrogens with zero attached hydrogens (tertiary/aromatic N) is 1. The number of aromatic nitrogens is 2. The van der Waals surface area contributed by atoms with E-state index in [0.29, 0.717) is 26.1 Å². The Morgan fingerprint density at radius 2 is 1.97 bits per heavy atom. The SMILES string of the molecule is O=C(NC1(CO)CCOCC1)c1[nH]c(Cl)c2c(F)ccc[n+]12.O=C([O-])C(F)(F)F. The number of aliphatic hydroxyl groups is 1. The van der Waals surface area contributed by atoms with Gasteiger partial charge in [0.05, 0.1) is 18.3 Å². The average Bonchev–Trinajstić information content (AvgIpc) is 3.00. The van der Waals surface area contributed by atoms with E-state index in [-0.39, 0.29) is 23.1 Å². The molecule has 0 spiro atoms. The van der Waals surface area contributed by atoms with Crippen molar-refractivity contribution >= 4 is 29.0 Å². The number of aliphatic carboxylic acids is 1. The first-order valence-electron chi connectivity index (χ1n) is 8.17. The third-order valence-corrected chi connectivity index (χ3v) is 4.47. The molecule has 1 fully saturated rings. The van der Waals surface area contributed by atoms with Crippen LogP contribution < -0.4 is 14.8 Å². The topological polar surface area (TPSA) is 119 Å². The van der Waals surface area contributed by atoms with E-state index >= 15 is 0 Å². The van der Waals surface area contributed by atoms with Gasteiger partial charge < -0.3 is 25.1 Å². The number of ether oxygens (including phenoxy) is 1. The molecule has 0 aromatic carbocycles. The molecule has 1 aliphatic rings. The van der Waals surface area contributed by atoms with Gasteiger partial charge in [0.1, 0.15) is 5.97 Å². The van der Waals surface area contributed by atoms with Crippen LogP contribution >= 0.6 is 11.6 Å². The molecular weight excluding hydrogens is 426 g/mol. The first kappa shape index (κ1) is 22.8. The van der Waals surface area contributed by atoms with Crippen LogP contribution in [-0.2, 0) is 9.53 Å². The first-order valence-corrected chi connectivity index (χ1v) is 8.55. The van der Waals surface area contributed by atoms with Crippen LogP contribution in [0, 0.1) is 5.82 Å². The van der Waals surface area contributed by atoms with Crippen molar-refractivity contribution in [2.75, 3.05) is 19.8 Å². The smallest absolute Gasteiger partial charge is 0.430 e. The maximum absolute atomic E-state index is 13.8. The van der Waals surface area contributed by atoms with Crippen LogP contribution in [0.3, 0.4) is 0 Å². The number of carbonyl (C=O) groups excluding carboxylic acids is 2. The van der Waals surface area contributed by atoms with Gasteiger partial charge in [-0.05, 0) is 36.6 Å². The summed E-state index contributed by atoms with van der Waals surface area (Å²) >= 11 is 5.97. The molecule has 2 aromatic heterocycles. The number of rotatable bonds is 3. The Kier molecular flexibility index (Phi) is 7.03. The molecular formula is C16H16ClF4N3O5. The molecule has 8 nitrogen and oxygen atoms in total. The minimum absolute atomic E-state index is 0.0493. The van der Waals surface area contributed by atoms with E-state index in [1.807, 2.05) is 0 Å². The van der Waals surface area contributed by atoms with Gasteiger partial charge in [0, 0.05) is 13.2 Å². The second-order valence-electron chi connectivity index (χ2n) is 6.15. The Morgan fingerprint density at radius 3 is 2.48 bits per heavy atom. The molecule has 3 heterocycles. The Balaban J connectivity index is 0.000000370. The van der Waals surface area contributed by atoms with Gasteiger partial charge in [-0.3, -0.25) is 4.79 Å². The van der Waals surface area contributed by atoms with Crippen LogP contribution in [0.1, 0.15) is 23.5 Å². The van der Waals surface area contributed by atoms with Crippen molar-refractivity contribution in [2.45, 2.75) is 24.6 Å². The zero-order valence-corrected chi connectivity index (χ0v) is 15.4. The average molecular weight is 442 g/mol. The van der Waals surface area contributed by atoms with Gasteiger partial charge in [0.15, 0.2) is 5.82 Å². The lowest BCUT2D eigenvalue weighted by Crippen LogP contribution is -2.55. The third-order valence-electron chi connectivity index (χ3n) is 4.20. The zero-order valence-electron chi connectivity index (χ0n) is 14.7. The number of halogens is 5. The number of nitrogens with one attached hydrogen (secondary N) is 2. The third kappa shape index (κ3) is 5.34. The number of alkyl halides is 3. The summed E-state index contributed by atoms with van der Waals surface area (Å²) in [5.41, 5.74) is -0.619. The number of amides is 1. The van der Waals surface area contributed by atoms with Crippen molar-refractivity contribution in [1.82, 2.24) is 10.3 Å². The van der Waals surface area contributed by atoms with Crippen LogP contribution in [0.25, 0.3) is 5.52 Å². The quantitative estimate of drug-likeness (QED) is 0.462. The van der Waals surface area contributed by atoms with Gasteiger partial charge in [-0.2, -0.15) is 17.6 Å². The van der Waals surface area contributed by atoms with Gasteiger partial charge in [0.2, 0.25) is 10.7 Å². The number of aliphatic hydroxyl groups excluding tert-OH is 1. The van der Waals surface area contributed by atoms with Crippen LogP contribution in [0.4, 0.5) is 17.6 Å². The Hall–Kier alpha value is -2.44. The molecule has 1 aliphatic heterocycles. The Labute approximate surface area is 166 Å². The fourth-order valence-electron chi connectivity index (χ4n) is 2.65. The summed E-state index contributed by atoms with van der Waals surface area (Å²) in [5.74, 6) is -3.87. The fraction of sp³-hybridized carbons (Fsp3) is 0.438. The number of fused-ring (bicyclic) bond motifs is 1. The standard InChI is InChI=1S/C14H15ClFN3O3.C2HF3O2/c15-11-10-9(16)2-1-5-19(10)12(17-11)13(21)18-14(8-20)3-6-22-7-4-14;3-2(4,5)1(6)7/h1-2,5,20H,3-4,6-8H2,(H,18,21);(H,6,7). The summed E-state index contributed by atoms with van der Waals surface area (Å²) in [5, 5.41) is 21.3. The molecule has 0 atom stereocenters. The van der Waals surface area contributed by atoms with Crippen molar-refractivity contribution in [3.8, 4) is 0 Å². The highest BCUT2D eigenvalue weighted by Crippen LogP contribution is 2.21. The number of imidazole rings is 1. The molecule has 0 radical (unpaired) electrons. The number of pyridine rings is 1. The predicted molar refractivity (Wildman–Crippen MR) is 87.3 cm³/mol. The molecule has 2 aromatic rings. The number of hydrogen-bond donors (Lipinski definition) is 3. The predicted octanol–water partition coefficient (Wildman–Crippen LogP) is 0.116. The number of carbonyl (C=O) groups is 2. The van der Waals surface area contributed by atoms with E-state index in [4.69, 9.17) is 26.2 Å². The molecule has 3 rings (SSSR count). The second-order valence-corrected chi connectivity index (χ2v) is 6.53. The Bertz CT molecular complexity index is 897. The molecule has 0 saturated carbocycles. The van der Waals surface area contributed by atoms with Crippen molar-refractivity contribution in [3.05, 3.63) is 35.1 Å². The summed E-state index contributed by atoms with van der Waals surface area (Å²) in [7, 11) is 0. The highest BCUT2D eigenvalue weighted by Gasteiger charge is 2.37. The maximum Gasteiger partial charge on any atom is 0.430 e. The fourth-order valence-corrected chi connectivity index (χ4v) is 2.92. The van der Waals surface area contributed by atoms with Crippen LogP contribution in [0.5, 0.6) is 0 Å². The first-order chi connectivity index (χ1) is 13.5. The minimum Gasteiger partial charge on any atom is -0.542 e. The normalized spacial score (nSPS) is 16.1.